The predicted molar refractivity (Wildman–Crippen MR) is 116 cm³/mol. The lowest BCUT2D eigenvalue weighted by atomic mass is 9.97. The highest BCUT2D eigenvalue weighted by Crippen LogP contribution is 2.44. The number of hydrogen-bond acceptors (Lipinski definition) is 3. The number of benzene rings is 3. The Morgan fingerprint density at radius 1 is 0.933 bits per heavy atom. The van der Waals surface area contributed by atoms with Gasteiger partial charge in [-0.15, -0.1) is 0 Å². The molecule has 4 nitrogen and oxygen atoms in total. The molecule has 30 heavy (non-hydrogen) atoms. The van der Waals surface area contributed by atoms with Gasteiger partial charge in [0.05, 0.1) is 12.1 Å². The summed E-state index contributed by atoms with van der Waals surface area (Å²) in [5.41, 5.74) is 6.87. The number of nitrogens with zero attached hydrogens (tertiary/aromatic N) is 1. The molecule has 1 amide bonds. The van der Waals surface area contributed by atoms with Crippen LogP contribution in [0.2, 0.25) is 0 Å². The maximum Gasteiger partial charge on any atom is 0.410 e. The SMILES string of the molecule is Cc1ccccc1C1C(O)CCN1C(=O)OCC1c2ccccc2-c2ccccc21. The Balaban J connectivity index is 1.37. The molecular weight excluding hydrogens is 374 g/mol. The molecule has 1 N–H and O–H groups in total. The third-order valence-electron chi connectivity index (χ3n) is 6.44. The number of carbonyl (C=O) groups is 1. The first-order chi connectivity index (χ1) is 14.6. The van der Waals surface area contributed by atoms with Gasteiger partial charge in [-0.05, 0) is 46.7 Å². The van der Waals surface area contributed by atoms with E-state index >= 15 is 0 Å². The molecule has 1 heterocycles. The Kier molecular flexibility index (Phi) is 4.80. The Morgan fingerprint density at radius 3 is 2.13 bits per heavy atom. The summed E-state index contributed by atoms with van der Waals surface area (Å²) in [6.07, 6.45) is -0.378. The number of hydrogen-bond donors (Lipinski definition) is 1. The van der Waals surface area contributed by atoms with Crippen LogP contribution in [0.15, 0.2) is 72.8 Å². The van der Waals surface area contributed by atoms with E-state index in [1.165, 1.54) is 22.3 Å². The van der Waals surface area contributed by atoms with Gasteiger partial charge in [-0.2, -0.15) is 0 Å². The van der Waals surface area contributed by atoms with Crippen molar-refractivity contribution < 1.29 is 14.6 Å². The number of aliphatic hydroxyl groups excluding tert-OH is 1. The fraction of sp³-hybridized carbons (Fsp3) is 0.269. The average Bonchev–Trinajstić information content (AvgIpc) is 3.31. The lowest BCUT2D eigenvalue weighted by Gasteiger charge is -2.28. The quantitative estimate of drug-likeness (QED) is 0.670. The van der Waals surface area contributed by atoms with Crippen molar-refractivity contribution in [1.29, 1.82) is 0 Å². The van der Waals surface area contributed by atoms with Crippen LogP contribution in [-0.2, 0) is 4.74 Å². The molecule has 0 aromatic heterocycles. The number of fused-ring (bicyclic) bond motifs is 3. The maximum absolute atomic E-state index is 13.1. The molecule has 5 rings (SSSR count). The van der Waals surface area contributed by atoms with Gasteiger partial charge in [-0.1, -0.05) is 72.8 Å². The molecule has 0 bridgehead atoms. The van der Waals surface area contributed by atoms with E-state index in [0.29, 0.717) is 19.6 Å². The van der Waals surface area contributed by atoms with E-state index in [4.69, 9.17) is 4.74 Å². The summed E-state index contributed by atoms with van der Waals surface area (Å²) in [7, 11) is 0. The van der Waals surface area contributed by atoms with E-state index in [2.05, 4.69) is 24.3 Å². The molecule has 0 saturated carbocycles. The number of carbonyl (C=O) groups excluding carboxylic acids is 1. The molecule has 1 fully saturated rings. The van der Waals surface area contributed by atoms with Gasteiger partial charge in [0.25, 0.3) is 0 Å². The van der Waals surface area contributed by atoms with Gasteiger partial charge < -0.3 is 9.84 Å². The molecule has 2 unspecified atom stereocenters. The van der Waals surface area contributed by atoms with Crippen LogP contribution >= 0.6 is 0 Å². The largest absolute Gasteiger partial charge is 0.448 e. The van der Waals surface area contributed by atoms with Gasteiger partial charge in [0.2, 0.25) is 0 Å². The van der Waals surface area contributed by atoms with Crippen molar-refractivity contribution in [3.05, 3.63) is 95.1 Å². The minimum absolute atomic E-state index is 0.0331. The average molecular weight is 399 g/mol. The Morgan fingerprint density at radius 2 is 1.50 bits per heavy atom. The highest BCUT2D eigenvalue weighted by Gasteiger charge is 2.39. The van der Waals surface area contributed by atoms with E-state index in [9.17, 15) is 9.90 Å². The molecular formula is C26H25NO3. The Bertz CT molecular complexity index is 1050. The Labute approximate surface area is 176 Å². The molecule has 152 valence electrons. The molecule has 3 aromatic carbocycles. The number of aryl methyl sites for hydroxylation is 1. The van der Waals surface area contributed by atoms with Gasteiger partial charge in [-0.3, -0.25) is 4.90 Å². The molecule has 1 aliphatic carbocycles. The molecule has 3 aromatic rings. The van der Waals surface area contributed by atoms with Crippen LogP contribution in [-0.4, -0.2) is 35.4 Å². The van der Waals surface area contributed by atoms with Crippen molar-refractivity contribution in [2.75, 3.05) is 13.2 Å². The highest BCUT2D eigenvalue weighted by atomic mass is 16.6. The smallest absolute Gasteiger partial charge is 0.410 e. The van der Waals surface area contributed by atoms with Crippen LogP contribution in [0.4, 0.5) is 4.79 Å². The van der Waals surface area contributed by atoms with Crippen LogP contribution in [0.5, 0.6) is 0 Å². The monoisotopic (exact) mass is 399 g/mol. The number of ether oxygens (including phenoxy) is 1. The first-order valence-corrected chi connectivity index (χ1v) is 10.5. The molecule has 1 aliphatic heterocycles. The summed E-state index contributed by atoms with van der Waals surface area (Å²) in [6.45, 7) is 2.80. The third kappa shape index (κ3) is 3.08. The van der Waals surface area contributed by atoms with Gasteiger partial charge in [0.15, 0.2) is 0 Å². The predicted octanol–water partition coefficient (Wildman–Crippen LogP) is 5.05. The van der Waals surface area contributed by atoms with Gasteiger partial charge in [0.1, 0.15) is 6.61 Å². The van der Waals surface area contributed by atoms with Crippen molar-refractivity contribution in [3.63, 3.8) is 0 Å². The fourth-order valence-corrected chi connectivity index (χ4v) is 4.95. The third-order valence-corrected chi connectivity index (χ3v) is 6.44. The van der Waals surface area contributed by atoms with Gasteiger partial charge in [0, 0.05) is 12.5 Å². The molecule has 2 atom stereocenters. The zero-order chi connectivity index (χ0) is 20.7. The topological polar surface area (TPSA) is 49.8 Å². The highest BCUT2D eigenvalue weighted by molar-refractivity contribution is 5.79. The zero-order valence-corrected chi connectivity index (χ0v) is 17.0. The second kappa shape index (κ2) is 7.62. The van der Waals surface area contributed by atoms with Crippen LogP contribution in [0.3, 0.4) is 0 Å². The summed E-state index contributed by atoms with van der Waals surface area (Å²) in [5.74, 6) is 0.0331. The lowest BCUT2D eigenvalue weighted by molar-refractivity contribution is 0.0739. The normalized spacial score (nSPS) is 20.1. The second-order valence-corrected chi connectivity index (χ2v) is 8.15. The standard InChI is InChI=1S/C26H25NO3/c1-17-8-2-3-9-18(17)25-24(28)14-15-27(25)26(29)30-16-23-21-12-6-4-10-19(21)20-11-5-7-13-22(20)23/h2-13,23-25,28H,14-16H2,1H3. The molecule has 0 radical (unpaired) electrons. The Hall–Kier alpha value is -3.11. The first kappa shape index (κ1) is 18.9. The molecule has 0 spiro atoms. The molecule has 2 aliphatic rings. The summed E-state index contributed by atoms with van der Waals surface area (Å²) in [6, 6.07) is 24.2. The fourth-order valence-electron chi connectivity index (χ4n) is 4.95. The summed E-state index contributed by atoms with van der Waals surface area (Å²) >= 11 is 0. The lowest BCUT2D eigenvalue weighted by Crippen LogP contribution is -2.34. The van der Waals surface area contributed by atoms with Crippen LogP contribution < -0.4 is 0 Å². The van der Waals surface area contributed by atoms with E-state index in [1.54, 1.807) is 4.90 Å². The number of rotatable bonds is 3. The second-order valence-electron chi connectivity index (χ2n) is 8.15. The summed E-state index contributed by atoms with van der Waals surface area (Å²) in [5, 5.41) is 10.6. The minimum atomic E-state index is -0.577. The van der Waals surface area contributed by atoms with Crippen molar-refractivity contribution in [2.45, 2.75) is 31.4 Å². The van der Waals surface area contributed by atoms with E-state index in [0.717, 1.165) is 11.1 Å². The van der Waals surface area contributed by atoms with Crippen molar-refractivity contribution >= 4 is 6.09 Å². The first-order valence-electron chi connectivity index (χ1n) is 10.5. The summed E-state index contributed by atoms with van der Waals surface area (Å²) in [4.78, 5) is 14.7. The van der Waals surface area contributed by atoms with Crippen molar-refractivity contribution in [1.82, 2.24) is 4.90 Å². The summed E-state index contributed by atoms with van der Waals surface area (Å²) < 4.78 is 5.84. The van der Waals surface area contributed by atoms with Crippen LogP contribution in [0.25, 0.3) is 11.1 Å². The maximum atomic E-state index is 13.1. The minimum Gasteiger partial charge on any atom is -0.448 e. The number of aliphatic hydroxyl groups is 1. The van der Waals surface area contributed by atoms with Gasteiger partial charge >= 0.3 is 6.09 Å². The van der Waals surface area contributed by atoms with E-state index < -0.39 is 6.10 Å². The van der Waals surface area contributed by atoms with Gasteiger partial charge in [-0.25, -0.2) is 4.79 Å². The van der Waals surface area contributed by atoms with Crippen LogP contribution in [0.1, 0.15) is 40.6 Å². The zero-order valence-electron chi connectivity index (χ0n) is 17.0. The van der Waals surface area contributed by atoms with E-state index in [1.807, 2.05) is 55.5 Å². The molecule has 4 heteroatoms. The number of likely N-dealkylation sites (tertiary alicyclic amines) is 1. The van der Waals surface area contributed by atoms with Crippen molar-refractivity contribution in [3.8, 4) is 11.1 Å². The van der Waals surface area contributed by atoms with Crippen molar-refractivity contribution in [2.24, 2.45) is 0 Å². The van der Waals surface area contributed by atoms with Crippen LogP contribution in [0, 0.1) is 6.92 Å². The molecule has 1 saturated heterocycles. The van der Waals surface area contributed by atoms with E-state index in [-0.39, 0.29) is 18.1 Å². The number of amides is 1.